The van der Waals surface area contributed by atoms with Gasteiger partial charge >= 0.3 is 0 Å². The Balaban J connectivity index is 2.70. The average molecular weight is 232 g/mol. The summed E-state index contributed by atoms with van der Waals surface area (Å²) in [6.45, 7) is 1.79. The third kappa shape index (κ3) is 4.11. The SMILES string of the molecule is CC(=O)NCC#Cc1cccc(C(N)=S)c1. The second kappa shape index (κ2) is 5.89. The van der Waals surface area contributed by atoms with E-state index in [0.29, 0.717) is 11.5 Å². The van der Waals surface area contributed by atoms with E-state index in [4.69, 9.17) is 18.0 Å². The smallest absolute Gasteiger partial charge is 0.217 e. The Morgan fingerprint density at radius 3 is 2.94 bits per heavy atom. The normalized spacial score (nSPS) is 8.81. The van der Waals surface area contributed by atoms with Gasteiger partial charge < -0.3 is 11.1 Å². The summed E-state index contributed by atoms with van der Waals surface area (Å²) in [6.07, 6.45) is 0. The summed E-state index contributed by atoms with van der Waals surface area (Å²) < 4.78 is 0. The number of amides is 1. The predicted octanol–water partition coefficient (Wildman–Crippen LogP) is 0.808. The Labute approximate surface area is 100 Å². The molecule has 1 aromatic rings. The van der Waals surface area contributed by atoms with Crippen molar-refractivity contribution < 1.29 is 4.79 Å². The fourth-order valence-electron chi connectivity index (χ4n) is 1.07. The van der Waals surface area contributed by atoms with Crippen LogP contribution >= 0.6 is 12.2 Å². The Hall–Kier alpha value is -1.86. The maximum atomic E-state index is 10.6. The van der Waals surface area contributed by atoms with Gasteiger partial charge in [0, 0.05) is 18.1 Å². The van der Waals surface area contributed by atoms with Gasteiger partial charge in [0.2, 0.25) is 5.91 Å². The Morgan fingerprint density at radius 2 is 2.31 bits per heavy atom. The zero-order valence-corrected chi connectivity index (χ0v) is 9.73. The van der Waals surface area contributed by atoms with E-state index in [-0.39, 0.29) is 5.91 Å². The molecule has 0 aliphatic rings. The first-order chi connectivity index (χ1) is 7.59. The monoisotopic (exact) mass is 232 g/mol. The first kappa shape index (κ1) is 12.2. The molecule has 0 bridgehead atoms. The minimum atomic E-state index is -0.0915. The van der Waals surface area contributed by atoms with E-state index < -0.39 is 0 Å². The molecule has 1 aromatic carbocycles. The molecule has 1 rings (SSSR count). The van der Waals surface area contributed by atoms with Crippen molar-refractivity contribution in [3.63, 3.8) is 0 Å². The lowest BCUT2D eigenvalue weighted by Gasteiger charge is -1.97. The van der Waals surface area contributed by atoms with Crippen LogP contribution < -0.4 is 11.1 Å². The lowest BCUT2D eigenvalue weighted by Crippen LogP contribution is -2.19. The second-order valence-corrected chi connectivity index (χ2v) is 3.60. The van der Waals surface area contributed by atoms with Crippen LogP contribution in [0.2, 0.25) is 0 Å². The van der Waals surface area contributed by atoms with E-state index in [1.165, 1.54) is 6.92 Å². The van der Waals surface area contributed by atoms with Crippen LogP contribution in [-0.4, -0.2) is 17.4 Å². The lowest BCUT2D eigenvalue weighted by molar-refractivity contribution is -0.118. The van der Waals surface area contributed by atoms with Crippen LogP contribution in [0.25, 0.3) is 0 Å². The third-order valence-corrected chi connectivity index (χ3v) is 2.04. The van der Waals surface area contributed by atoms with Gasteiger partial charge in [0.15, 0.2) is 0 Å². The molecule has 0 saturated carbocycles. The number of carbonyl (C=O) groups is 1. The highest BCUT2D eigenvalue weighted by molar-refractivity contribution is 7.80. The van der Waals surface area contributed by atoms with E-state index in [0.717, 1.165) is 11.1 Å². The highest BCUT2D eigenvalue weighted by Gasteiger charge is 1.95. The molecule has 0 aliphatic carbocycles. The highest BCUT2D eigenvalue weighted by Crippen LogP contribution is 2.03. The zero-order valence-electron chi connectivity index (χ0n) is 8.91. The molecule has 4 heteroatoms. The molecule has 0 radical (unpaired) electrons. The average Bonchev–Trinajstić information content (AvgIpc) is 2.24. The number of carbonyl (C=O) groups excluding carboxylic acids is 1. The minimum Gasteiger partial charge on any atom is -0.389 e. The van der Waals surface area contributed by atoms with Gasteiger partial charge in [-0.05, 0) is 12.1 Å². The predicted molar refractivity (Wildman–Crippen MR) is 67.9 cm³/mol. The van der Waals surface area contributed by atoms with Crippen molar-refractivity contribution >= 4 is 23.1 Å². The summed E-state index contributed by atoms with van der Waals surface area (Å²) in [5.41, 5.74) is 7.13. The van der Waals surface area contributed by atoms with Crippen LogP contribution in [0.4, 0.5) is 0 Å². The van der Waals surface area contributed by atoms with Crippen LogP contribution in [0.3, 0.4) is 0 Å². The first-order valence-electron chi connectivity index (χ1n) is 4.73. The summed E-state index contributed by atoms with van der Waals surface area (Å²) in [7, 11) is 0. The van der Waals surface area contributed by atoms with Gasteiger partial charge in [-0.3, -0.25) is 4.79 Å². The molecule has 0 spiro atoms. The molecule has 0 aromatic heterocycles. The molecule has 0 aliphatic heterocycles. The van der Waals surface area contributed by atoms with Crippen LogP contribution in [0.5, 0.6) is 0 Å². The molecule has 3 nitrogen and oxygen atoms in total. The van der Waals surface area contributed by atoms with Gasteiger partial charge in [-0.25, -0.2) is 0 Å². The molecule has 0 unspecified atom stereocenters. The lowest BCUT2D eigenvalue weighted by atomic mass is 10.1. The van der Waals surface area contributed by atoms with E-state index >= 15 is 0 Å². The summed E-state index contributed by atoms with van der Waals surface area (Å²) in [5.74, 6) is 5.66. The molecule has 1 amide bonds. The summed E-state index contributed by atoms with van der Waals surface area (Å²) in [5, 5.41) is 2.59. The Kier molecular flexibility index (Phi) is 4.49. The Morgan fingerprint density at radius 1 is 1.56 bits per heavy atom. The summed E-state index contributed by atoms with van der Waals surface area (Å²) in [6, 6.07) is 7.36. The fourth-order valence-corrected chi connectivity index (χ4v) is 1.19. The standard InChI is InChI=1S/C12H12N2OS/c1-9(15)14-7-3-5-10-4-2-6-11(8-10)12(13)16/h2,4,6,8H,7H2,1H3,(H2,13,16)(H,14,15). The maximum Gasteiger partial charge on any atom is 0.217 e. The molecular formula is C12H12N2OS. The number of nitrogens with one attached hydrogen (secondary N) is 1. The largest absolute Gasteiger partial charge is 0.389 e. The Bertz CT molecular complexity index is 471. The van der Waals surface area contributed by atoms with Crippen molar-refractivity contribution in [1.82, 2.24) is 5.32 Å². The summed E-state index contributed by atoms with van der Waals surface area (Å²) in [4.78, 5) is 10.9. The topological polar surface area (TPSA) is 55.1 Å². The van der Waals surface area contributed by atoms with Gasteiger partial charge in [0.1, 0.15) is 4.99 Å². The number of rotatable bonds is 2. The molecule has 0 saturated heterocycles. The summed E-state index contributed by atoms with van der Waals surface area (Å²) >= 11 is 4.86. The van der Waals surface area contributed by atoms with Gasteiger partial charge in [-0.2, -0.15) is 0 Å². The molecule has 16 heavy (non-hydrogen) atoms. The second-order valence-electron chi connectivity index (χ2n) is 3.16. The van der Waals surface area contributed by atoms with Crippen LogP contribution in [0.1, 0.15) is 18.1 Å². The van der Waals surface area contributed by atoms with E-state index in [1.54, 1.807) is 0 Å². The van der Waals surface area contributed by atoms with Crippen molar-refractivity contribution in [2.24, 2.45) is 5.73 Å². The molecule has 0 heterocycles. The van der Waals surface area contributed by atoms with Crippen molar-refractivity contribution in [3.05, 3.63) is 35.4 Å². The maximum absolute atomic E-state index is 10.6. The van der Waals surface area contributed by atoms with E-state index in [1.807, 2.05) is 24.3 Å². The van der Waals surface area contributed by atoms with Crippen molar-refractivity contribution in [3.8, 4) is 11.8 Å². The van der Waals surface area contributed by atoms with Crippen LogP contribution in [0, 0.1) is 11.8 Å². The highest BCUT2D eigenvalue weighted by atomic mass is 32.1. The van der Waals surface area contributed by atoms with Gasteiger partial charge in [0.05, 0.1) is 6.54 Å². The van der Waals surface area contributed by atoms with Gasteiger partial charge in [0.25, 0.3) is 0 Å². The molecular weight excluding hydrogens is 220 g/mol. The zero-order chi connectivity index (χ0) is 12.0. The van der Waals surface area contributed by atoms with Gasteiger partial charge in [-0.1, -0.05) is 36.2 Å². The first-order valence-corrected chi connectivity index (χ1v) is 5.13. The molecule has 0 fully saturated rings. The van der Waals surface area contributed by atoms with Crippen LogP contribution in [0.15, 0.2) is 24.3 Å². The van der Waals surface area contributed by atoms with Crippen LogP contribution in [-0.2, 0) is 4.79 Å². The van der Waals surface area contributed by atoms with Crippen molar-refractivity contribution in [2.75, 3.05) is 6.54 Å². The number of thiocarbonyl (C=S) groups is 1. The van der Waals surface area contributed by atoms with E-state index in [9.17, 15) is 4.79 Å². The molecule has 3 N–H and O–H groups in total. The number of hydrogen-bond acceptors (Lipinski definition) is 2. The number of nitrogens with two attached hydrogens (primary N) is 1. The molecule has 82 valence electrons. The fraction of sp³-hybridized carbons (Fsp3) is 0.167. The number of benzene rings is 1. The van der Waals surface area contributed by atoms with Crippen molar-refractivity contribution in [2.45, 2.75) is 6.92 Å². The van der Waals surface area contributed by atoms with E-state index in [2.05, 4.69) is 17.2 Å². The third-order valence-electron chi connectivity index (χ3n) is 1.81. The minimum absolute atomic E-state index is 0.0915. The van der Waals surface area contributed by atoms with Crippen molar-refractivity contribution in [1.29, 1.82) is 0 Å². The molecule has 0 atom stereocenters. The quantitative estimate of drug-likeness (QED) is 0.586. The van der Waals surface area contributed by atoms with Gasteiger partial charge in [-0.15, -0.1) is 0 Å². The number of hydrogen-bond donors (Lipinski definition) is 2.